The zero-order chi connectivity index (χ0) is 17.2. The maximum atomic E-state index is 12.3. The number of hydrogen-bond donors (Lipinski definition) is 0. The Labute approximate surface area is 155 Å². The summed E-state index contributed by atoms with van der Waals surface area (Å²) in [6, 6.07) is 15.2. The summed E-state index contributed by atoms with van der Waals surface area (Å²) >= 11 is 7.51. The van der Waals surface area contributed by atoms with Gasteiger partial charge in [0.1, 0.15) is 18.1 Å². The number of nitrogens with zero attached hydrogens (tertiary/aromatic N) is 2. The van der Waals surface area contributed by atoms with E-state index in [1.54, 1.807) is 16.7 Å². The third-order valence-corrected chi connectivity index (χ3v) is 5.15. The van der Waals surface area contributed by atoms with E-state index in [-0.39, 0.29) is 5.91 Å². The Bertz CT molecular complexity index is 877. The van der Waals surface area contributed by atoms with Crippen molar-refractivity contribution in [1.82, 2.24) is 4.90 Å². The molecule has 25 heavy (non-hydrogen) atoms. The molecule has 0 unspecified atom stereocenters. The molecule has 2 aliphatic heterocycles. The van der Waals surface area contributed by atoms with E-state index in [1.165, 1.54) is 0 Å². The molecule has 0 bridgehead atoms. The SMILES string of the molecule is O=C1/C(=C/c2cccc(OCc3ccc(Cl)cc3)c2)N=C2SCCN12. The molecule has 0 atom stereocenters. The minimum absolute atomic E-state index is 0.0208. The fourth-order valence-electron chi connectivity index (χ4n) is 2.67. The molecule has 2 heterocycles. The number of rotatable bonds is 4. The van der Waals surface area contributed by atoms with Crippen LogP contribution in [-0.2, 0) is 11.4 Å². The summed E-state index contributed by atoms with van der Waals surface area (Å²) in [4.78, 5) is 18.5. The summed E-state index contributed by atoms with van der Waals surface area (Å²) in [5, 5.41) is 1.52. The third kappa shape index (κ3) is 3.57. The van der Waals surface area contributed by atoms with E-state index in [0.717, 1.165) is 34.3 Å². The second kappa shape index (κ2) is 6.94. The fourth-order valence-corrected chi connectivity index (χ4v) is 3.74. The van der Waals surface area contributed by atoms with Crippen molar-refractivity contribution in [2.24, 2.45) is 4.99 Å². The average Bonchev–Trinajstić information content (AvgIpc) is 3.19. The molecule has 6 heteroatoms. The number of hydrogen-bond acceptors (Lipinski definition) is 4. The summed E-state index contributed by atoms with van der Waals surface area (Å²) in [5.41, 5.74) is 2.42. The van der Waals surface area contributed by atoms with Gasteiger partial charge in [-0.1, -0.05) is 47.6 Å². The molecule has 0 spiro atoms. The van der Waals surface area contributed by atoms with Crippen LogP contribution in [0.4, 0.5) is 0 Å². The molecule has 1 amide bonds. The van der Waals surface area contributed by atoms with Gasteiger partial charge in [-0.15, -0.1) is 0 Å². The van der Waals surface area contributed by atoms with Crippen molar-refractivity contribution in [2.75, 3.05) is 12.3 Å². The van der Waals surface area contributed by atoms with Crippen molar-refractivity contribution in [3.05, 3.63) is 70.4 Å². The molecule has 0 aliphatic carbocycles. The number of benzene rings is 2. The van der Waals surface area contributed by atoms with Crippen molar-refractivity contribution < 1.29 is 9.53 Å². The number of carbonyl (C=O) groups is 1. The second-order valence-corrected chi connectivity index (χ2v) is 7.22. The lowest BCUT2D eigenvalue weighted by molar-refractivity contribution is -0.122. The molecule has 1 fully saturated rings. The van der Waals surface area contributed by atoms with Gasteiger partial charge in [-0.2, -0.15) is 0 Å². The van der Waals surface area contributed by atoms with Crippen LogP contribution in [-0.4, -0.2) is 28.3 Å². The maximum Gasteiger partial charge on any atom is 0.278 e. The largest absolute Gasteiger partial charge is 0.489 e. The van der Waals surface area contributed by atoms with Crippen molar-refractivity contribution in [3.8, 4) is 5.75 Å². The molecular formula is C19H15ClN2O2S. The summed E-state index contributed by atoms with van der Waals surface area (Å²) < 4.78 is 5.83. The monoisotopic (exact) mass is 370 g/mol. The Morgan fingerprint density at radius 2 is 2.08 bits per heavy atom. The number of ether oxygens (including phenoxy) is 1. The lowest BCUT2D eigenvalue weighted by Crippen LogP contribution is -2.26. The van der Waals surface area contributed by atoms with E-state index in [4.69, 9.17) is 16.3 Å². The molecule has 0 radical (unpaired) electrons. The number of aliphatic imine (C=N–C) groups is 1. The van der Waals surface area contributed by atoms with Crippen LogP contribution in [0.3, 0.4) is 0 Å². The Morgan fingerprint density at radius 3 is 2.88 bits per heavy atom. The number of fused-ring (bicyclic) bond motifs is 1. The predicted molar refractivity (Wildman–Crippen MR) is 102 cm³/mol. The average molecular weight is 371 g/mol. The van der Waals surface area contributed by atoms with E-state index in [0.29, 0.717) is 17.3 Å². The van der Waals surface area contributed by atoms with Gasteiger partial charge < -0.3 is 4.74 Å². The van der Waals surface area contributed by atoms with Crippen LogP contribution in [0.5, 0.6) is 5.75 Å². The first-order chi connectivity index (χ1) is 12.2. The molecule has 126 valence electrons. The van der Waals surface area contributed by atoms with Crippen LogP contribution in [0.15, 0.2) is 59.2 Å². The molecule has 4 nitrogen and oxygen atoms in total. The van der Waals surface area contributed by atoms with Gasteiger partial charge >= 0.3 is 0 Å². The number of amidine groups is 1. The summed E-state index contributed by atoms with van der Waals surface area (Å²) in [7, 11) is 0. The van der Waals surface area contributed by atoms with Gasteiger partial charge in [0.2, 0.25) is 0 Å². The Morgan fingerprint density at radius 1 is 1.24 bits per heavy atom. The molecular weight excluding hydrogens is 356 g/mol. The van der Waals surface area contributed by atoms with Crippen LogP contribution < -0.4 is 4.74 Å². The first kappa shape index (κ1) is 16.2. The Hall–Kier alpha value is -2.24. The highest BCUT2D eigenvalue weighted by molar-refractivity contribution is 8.14. The Kier molecular flexibility index (Phi) is 4.51. The second-order valence-electron chi connectivity index (χ2n) is 5.72. The highest BCUT2D eigenvalue weighted by atomic mass is 35.5. The predicted octanol–water partition coefficient (Wildman–Crippen LogP) is 4.20. The highest BCUT2D eigenvalue weighted by Gasteiger charge is 2.33. The van der Waals surface area contributed by atoms with Crippen molar-refractivity contribution in [3.63, 3.8) is 0 Å². The van der Waals surface area contributed by atoms with E-state index in [1.807, 2.05) is 54.6 Å². The molecule has 0 aromatic heterocycles. The van der Waals surface area contributed by atoms with Gasteiger partial charge in [-0.05, 0) is 41.5 Å². The standard InChI is InChI=1S/C19H15ClN2O2S/c20-15-6-4-13(5-7-15)12-24-16-3-1-2-14(10-16)11-17-18(23)22-8-9-25-19(22)21-17/h1-7,10-11H,8-9,12H2/b17-11-. The zero-order valence-corrected chi connectivity index (χ0v) is 14.9. The zero-order valence-electron chi connectivity index (χ0n) is 13.3. The van der Waals surface area contributed by atoms with E-state index >= 15 is 0 Å². The van der Waals surface area contributed by atoms with Gasteiger partial charge in [0.05, 0.1) is 0 Å². The van der Waals surface area contributed by atoms with E-state index in [9.17, 15) is 4.79 Å². The van der Waals surface area contributed by atoms with Gasteiger partial charge in [-0.25, -0.2) is 4.99 Å². The van der Waals surface area contributed by atoms with Crippen molar-refractivity contribution >= 4 is 40.5 Å². The third-order valence-electron chi connectivity index (χ3n) is 3.94. The summed E-state index contributed by atoms with van der Waals surface area (Å²) in [5.74, 6) is 1.65. The first-order valence-electron chi connectivity index (χ1n) is 7.91. The maximum absolute atomic E-state index is 12.3. The summed E-state index contributed by atoms with van der Waals surface area (Å²) in [6.07, 6.45) is 1.81. The molecule has 0 saturated carbocycles. The van der Waals surface area contributed by atoms with Crippen LogP contribution >= 0.6 is 23.4 Å². The minimum atomic E-state index is -0.0208. The van der Waals surface area contributed by atoms with Crippen molar-refractivity contribution in [2.45, 2.75) is 6.61 Å². The van der Waals surface area contributed by atoms with E-state index < -0.39 is 0 Å². The van der Waals surface area contributed by atoms with Crippen LogP contribution in [0.25, 0.3) is 6.08 Å². The highest BCUT2D eigenvalue weighted by Crippen LogP contribution is 2.29. The topological polar surface area (TPSA) is 41.9 Å². The Balaban J connectivity index is 1.48. The fraction of sp³-hybridized carbons (Fsp3) is 0.158. The molecule has 4 rings (SSSR count). The van der Waals surface area contributed by atoms with Gasteiger partial charge in [0.15, 0.2) is 5.17 Å². The van der Waals surface area contributed by atoms with Gasteiger partial charge in [-0.3, -0.25) is 9.69 Å². The number of halogens is 1. The first-order valence-corrected chi connectivity index (χ1v) is 9.28. The number of thioether (sulfide) groups is 1. The summed E-state index contributed by atoms with van der Waals surface area (Å²) in [6.45, 7) is 1.20. The quantitative estimate of drug-likeness (QED) is 0.757. The van der Waals surface area contributed by atoms with E-state index in [2.05, 4.69) is 4.99 Å². The van der Waals surface area contributed by atoms with Crippen LogP contribution in [0.2, 0.25) is 5.02 Å². The van der Waals surface area contributed by atoms with Gasteiger partial charge in [0, 0.05) is 17.3 Å². The number of amides is 1. The van der Waals surface area contributed by atoms with Crippen molar-refractivity contribution in [1.29, 1.82) is 0 Å². The lowest BCUT2D eigenvalue weighted by Gasteiger charge is -2.08. The molecule has 1 saturated heterocycles. The molecule has 2 aliphatic rings. The molecule has 2 aromatic rings. The number of carbonyl (C=O) groups excluding carboxylic acids is 1. The van der Waals surface area contributed by atoms with Crippen LogP contribution in [0.1, 0.15) is 11.1 Å². The van der Waals surface area contributed by atoms with Gasteiger partial charge in [0.25, 0.3) is 5.91 Å². The lowest BCUT2D eigenvalue weighted by atomic mass is 10.1. The smallest absolute Gasteiger partial charge is 0.278 e. The minimum Gasteiger partial charge on any atom is -0.489 e. The molecule has 0 N–H and O–H groups in total. The normalized spacial score (nSPS) is 17.8. The molecule has 2 aromatic carbocycles. The van der Waals surface area contributed by atoms with Crippen LogP contribution in [0, 0.1) is 0 Å².